The fourth-order valence-corrected chi connectivity index (χ4v) is 5.38. The molecule has 4 rings (SSSR count). The summed E-state index contributed by atoms with van der Waals surface area (Å²) in [5.41, 5.74) is 4.68. The number of esters is 1. The zero-order valence-electron chi connectivity index (χ0n) is 24.5. The number of pyridine rings is 2. The number of rotatable bonds is 13. The molecule has 0 unspecified atom stereocenters. The molecule has 1 saturated heterocycles. The zero-order chi connectivity index (χ0) is 28.9. The third kappa shape index (κ3) is 9.69. The van der Waals surface area contributed by atoms with Crippen molar-refractivity contribution in [3.05, 3.63) is 95.6 Å². The molecule has 0 bridgehead atoms. The second-order valence-electron chi connectivity index (χ2n) is 11.3. The molecule has 1 fully saturated rings. The average Bonchev–Trinajstić information content (AvgIpc) is 3.01. The fourth-order valence-electron chi connectivity index (χ4n) is 5.38. The normalized spacial score (nSPS) is 15.2. The summed E-state index contributed by atoms with van der Waals surface area (Å²) in [5, 5.41) is 3.03. The van der Waals surface area contributed by atoms with Crippen molar-refractivity contribution in [2.75, 3.05) is 6.54 Å². The molecule has 0 spiro atoms. The Bertz CT molecular complexity index is 1160. The lowest BCUT2D eigenvalue weighted by Crippen LogP contribution is -2.52. The molecule has 7 nitrogen and oxygen atoms in total. The van der Waals surface area contributed by atoms with Crippen molar-refractivity contribution in [2.45, 2.75) is 96.2 Å². The van der Waals surface area contributed by atoms with Gasteiger partial charge in [0.05, 0.1) is 0 Å². The molecule has 2 amide bonds. The van der Waals surface area contributed by atoms with Crippen LogP contribution < -0.4 is 5.32 Å². The van der Waals surface area contributed by atoms with Crippen LogP contribution in [0, 0.1) is 0 Å². The van der Waals surface area contributed by atoms with Gasteiger partial charge in [0.1, 0.15) is 12.1 Å². The van der Waals surface area contributed by atoms with Crippen LogP contribution in [0.25, 0.3) is 0 Å². The summed E-state index contributed by atoms with van der Waals surface area (Å²) in [6, 6.07) is 15.6. The topological polar surface area (TPSA) is 84.4 Å². The van der Waals surface area contributed by atoms with Gasteiger partial charge in [0.2, 0.25) is 0 Å². The van der Waals surface area contributed by atoms with Crippen LogP contribution in [0.1, 0.15) is 87.0 Å². The molecule has 0 radical (unpaired) electrons. The molecule has 3 heterocycles. The van der Waals surface area contributed by atoms with Crippen LogP contribution in [0.15, 0.2) is 73.3 Å². The number of nitrogens with zero attached hydrogens (tertiary/aromatic N) is 3. The van der Waals surface area contributed by atoms with Gasteiger partial charge in [0.25, 0.3) is 0 Å². The number of hydrogen-bond acceptors (Lipinski definition) is 5. The van der Waals surface area contributed by atoms with Gasteiger partial charge >= 0.3 is 12.0 Å². The van der Waals surface area contributed by atoms with E-state index in [2.05, 4.69) is 65.5 Å². The van der Waals surface area contributed by atoms with Crippen LogP contribution >= 0.6 is 0 Å². The molecule has 7 heteroatoms. The van der Waals surface area contributed by atoms with E-state index >= 15 is 0 Å². The minimum absolute atomic E-state index is 0.192. The van der Waals surface area contributed by atoms with Crippen LogP contribution in [0.5, 0.6) is 0 Å². The van der Waals surface area contributed by atoms with Crippen molar-refractivity contribution in [2.24, 2.45) is 0 Å². The van der Waals surface area contributed by atoms with Crippen LogP contribution in [0.2, 0.25) is 0 Å². The highest BCUT2D eigenvalue weighted by molar-refractivity contribution is 5.84. The number of urea groups is 1. The third-order valence-corrected chi connectivity index (χ3v) is 7.84. The molecule has 1 aromatic carbocycles. The Morgan fingerprint density at radius 2 is 1.54 bits per heavy atom. The Hall–Kier alpha value is -3.74. The molecule has 0 saturated carbocycles. The van der Waals surface area contributed by atoms with Gasteiger partial charge in [0.15, 0.2) is 0 Å². The van der Waals surface area contributed by atoms with E-state index in [0.717, 1.165) is 56.9 Å². The first-order valence-electron chi connectivity index (χ1n) is 15.1. The zero-order valence-corrected chi connectivity index (χ0v) is 24.5. The molecule has 1 aliphatic rings. The molecule has 3 aromatic rings. The first-order valence-corrected chi connectivity index (χ1v) is 15.1. The van der Waals surface area contributed by atoms with Crippen LogP contribution in [0.4, 0.5) is 4.79 Å². The number of carbonyl (C=O) groups excluding carboxylic acids is 2. The molecule has 41 heavy (non-hydrogen) atoms. The Morgan fingerprint density at radius 3 is 2.10 bits per heavy atom. The summed E-state index contributed by atoms with van der Waals surface area (Å²) < 4.78 is 6.15. The van der Waals surface area contributed by atoms with Crippen LogP contribution in [0.3, 0.4) is 0 Å². The molecule has 1 aliphatic heterocycles. The van der Waals surface area contributed by atoms with E-state index in [4.69, 9.17) is 4.74 Å². The number of aryl methyl sites for hydroxylation is 2. The molecular weight excluding hydrogens is 512 g/mol. The highest BCUT2D eigenvalue weighted by Gasteiger charge is 2.34. The largest absolute Gasteiger partial charge is 0.461 e. The van der Waals surface area contributed by atoms with Gasteiger partial charge in [-0.2, -0.15) is 0 Å². The second kappa shape index (κ2) is 15.9. The number of nitrogens with one attached hydrogen (secondary N) is 1. The fraction of sp³-hybridized carbons (Fsp3) is 0.471. The lowest BCUT2D eigenvalue weighted by atomic mass is 10.0. The Labute approximate surface area is 244 Å². The van der Waals surface area contributed by atoms with E-state index in [0.29, 0.717) is 25.4 Å². The van der Waals surface area contributed by atoms with Crippen molar-refractivity contribution in [3.8, 4) is 0 Å². The standard InChI is InChI=1S/C34H44N4O3/c1-26(2)30-18-16-29(17-19-30)25-37-34(40)38-22-4-3-15-32(38)33(39)41-31(13-5-9-27-11-7-20-35-23-27)14-6-10-28-12-8-21-36-24-28/h7-8,11-12,16-21,23-24,26,31-32H,3-6,9-10,13-15,22,25H2,1-2H3,(H,37,40)/t32-/m0/s1. The summed E-state index contributed by atoms with van der Waals surface area (Å²) in [4.78, 5) is 36.8. The van der Waals surface area contributed by atoms with Gasteiger partial charge in [-0.25, -0.2) is 9.59 Å². The predicted octanol–water partition coefficient (Wildman–Crippen LogP) is 6.62. The first kappa shape index (κ1) is 30.2. The minimum Gasteiger partial charge on any atom is -0.461 e. The van der Waals surface area contributed by atoms with E-state index in [1.165, 1.54) is 16.7 Å². The number of hydrogen-bond donors (Lipinski definition) is 1. The summed E-state index contributed by atoms with van der Waals surface area (Å²) in [6.07, 6.45) is 14.7. The predicted molar refractivity (Wildman–Crippen MR) is 161 cm³/mol. The van der Waals surface area contributed by atoms with Crippen LogP contribution in [-0.2, 0) is 28.9 Å². The van der Waals surface area contributed by atoms with Crippen molar-refractivity contribution in [1.82, 2.24) is 20.2 Å². The molecule has 2 aromatic heterocycles. The molecular formula is C34H44N4O3. The minimum atomic E-state index is -0.550. The first-order chi connectivity index (χ1) is 20.0. The average molecular weight is 557 g/mol. The maximum Gasteiger partial charge on any atom is 0.329 e. The lowest BCUT2D eigenvalue weighted by molar-refractivity contribution is -0.156. The maximum absolute atomic E-state index is 13.5. The molecule has 0 aliphatic carbocycles. The van der Waals surface area contributed by atoms with E-state index in [-0.39, 0.29) is 18.1 Å². The van der Waals surface area contributed by atoms with Gasteiger partial charge in [-0.1, -0.05) is 50.2 Å². The van der Waals surface area contributed by atoms with Crippen molar-refractivity contribution >= 4 is 12.0 Å². The van der Waals surface area contributed by atoms with E-state index < -0.39 is 6.04 Å². The Kier molecular flexibility index (Phi) is 11.7. The number of ether oxygens (including phenoxy) is 1. The highest BCUT2D eigenvalue weighted by atomic mass is 16.5. The third-order valence-electron chi connectivity index (χ3n) is 7.84. The van der Waals surface area contributed by atoms with Crippen molar-refractivity contribution < 1.29 is 14.3 Å². The monoisotopic (exact) mass is 556 g/mol. The quantitative estimate of drug-likeness (QED) is 0.239. The number of likely N-dealkylation sites (tertiary alicyclic amines) is 1. The molecule has 1 N–H and O–H groups in total. The smallest absolute Gasteiger partial charge is 0.329 e. The number of carbonyl (C=O) groups is 2. The Balaban J connectivity index is 1.33. The number of benzene rings is 1. The number of aromatic nitrogens is 2. The summed E-state index contributed by atoms with van der Waals surface area (Å²) >= 11 is 0. The van der Waals surface area contributed by atoms with E-state index in [1.54, 1.807) is 17.3 Å². The Morgan fingerprint density at radius 1 is 0.902 bits per heavy atom. The van der Waals surface area contributed by atoms with E-state index in [1.807, 2.05) is 24.5 Å². The lowest BCUT2D eigenvalue weighted by Gasteiger charge is -2.35. The molecule has 1 atom stereocenters. The van der Waals surface area contributed by atoms with Gasteiger partial charge in [-0.3, -0.25) is 9.97 Å². The van der Waals surface area contributed by atoms with Crippen molar-refractivity contribution in [1.29, 1.82) is 0 Å². The van der Waals surface area contributed by atoms with Gasteiger partial charge in [-0.05, 0) is 98.1 Å². The number of piperidine rings is 1. The van der Waals surface area contributed by atoms with Gasteiger partial charge < -0.3 is 15.0 Å². The summed E-state index contributed by atoms with van der Waals surface area (Å²) in [7, 11) is 0. The van der Waals surface area contributed by atoms with Gasteiger partial charge in [0, 0.05) is 37.9 Å². The SMILES string of the molecule is CC(C)c1ccc(CNC(=O)N2CCCC[C@H]2C(=O)OC(CCCc2cccnc2)CCCc2cccnc2)cc1. The summed E-state index contributed by atoms with van der Waals surface area (Å²) in [5.74, 6) is 0.183. The highest BCUT2D eigenvalue weighted by Crippen LogP contribution is 2.22. The summed E-state index contributed by atoms with van der Waals surface area (Å²) in [6.45, 7) is 5.32. The maximum atomic E-state index is 13.5. The number of amides is 2. The second-order valence-corrected chi connectivity index (χ2v) is 11.3. The molecule has 218 valence electrons. The van der Waals surface area contributed by atoms with E-state index in [9.17, 15) is 9.59 Å². The van der Waals surface area contributed by atoms with Gasteiger partial charge in [-0.15, -0.1) is 0 Å². The van der Waals surface area contributed by atoms with Crippen LogP contribution in [-0.4, -0.2) is 45.6 Å². The van der Waals surface area contributed by atoms with Crippen molar-refractivity contribution in [3.63, 3.8) is 0 Å².